The van der Waals surface area contributed by atoms with Gasteiger partial charge in [0.25, 0.3) is 0 Å². The number of rotatable bonds is 4. The largest absolute Gasteiger partial charge is 0.394 e. The van der Waals surface area contributed by atoms with Crippen molar-refractivity contribution in [2.75, 3.05) is 6.61 Å². The molecule has 6 heteroatoms. The first-order chi connectivity index (χ1) is 9.04. The first-order valence-electron chi connectivity index (χ1n) is 6.04. The fourth-order valence-electron chi connectivity index (χ4n) is 2.30. The molecule has 104 valence electrons. The monoisotopic (exact) mass is 267 g/mol. The van der Waals surface area contributed by atoms with Crippen LogP contribution >= 0.6 is 0 Å². The molecule has 0 aliphatic carbocycles. The van der Waals surface area contributed by atoms with Crippen molar-refractivity contribution in [3.63, 3.8) is 0 Å². The number of primary amides is 1. The Kier molecular flexibility index (Phi) is 4.16. The van der Waals surface area contributed by atoms with Gasteiger partial charge in [-0.15, -0.1) is 0 Å². The Balaban J connectivity index is 2.16. The fourth-order valence-corrected chi connectivity index (χ4v) is 2.30. The number of aliphatic hydroxyl groups is 3. The summed E-state index contributed by atoms with van der Waals surface area (Å²) < 4.78 is 5.37. The summed E-state index contributed by atoms with van der Waals surface area (Å²) in [4.78, 5) is 11.3. The van der Waals surface area contributed by atoms with E-state index in [1.807, 2.05) is 0 Å². The van der Waals surface area contributed by atoms with Crippen LogP contribution < -0.4 is 5.73 Å². The molecule has 0 saturated carbocycles. The Morgan fingerprint density at radius 1 is 1.21 bits per heavy atom. The number of amides is 1. The summed E-state index contributed by atoms with van der Waals surface area (Å²) in [6, 6.07) is 6.76. The van der Waals surface area contributed by atoms with E-state index in [1.165, 1.54) is 0 Å². The minimum absolute atomic E-state index is 0.244. The third kappa shape index (κ3) is 2.76. The number of carbonyl (C=O) groups excluding carboxylic acids is 1. The van der Waals surface area contributed by atoms with Crippen molar-refractivity contribution in [1.82, 2.24) is 0 Å². The van der Waals surface area contributed by atoms with Gasteiger partial charge in [0.05, 0.1) is 12.7 Å². The van der Waals surface area contributed by atoms with E-state index in [0.717, 1.165) is 0 Å². The van der Waals surface area contributed by atoms with Gasteiger partial charge in [0.1, 0.15) is 18.3 Å². The standard InChI is InChI=1S/C13H17NO5/c14-13(18)8-4-2-1-3-7(8)5-9-11(16)12(17)10(6-15)19-9/h1-4,9-12,15-17H,5-6H2,(H2,14,18)/t9-,10+,11-,12+/m0/s1. The van der Waals surface area contributed by atoms with Gasteiger partial charge in [0.15, 0.2) is 0 Å². The molecule has 0 bridgehead atoms. The molecule has 1 fully saturated rings. The van der Waals surface area contributed by atoms with Crippen molar-refractivity contribution in [3.8, 4) is 0 Å². The summed E-state index contributed by atoms with van der Waals surface area (Å²) in [6.45, 7) is -0.369. The second-order valence-corrected chi connectivity index (χ2v) is 4.60. The van der Waals surface area contributed by atoms with E-state index in [9.17, 15) is 15.0 Å². The average molecular weight is 267 g/mol. The van der Waals surface area contributed by atoms with Crippen LogP contribution in [0.25, 0.3) is 0 Å². The molecule has 1 aliphatic heterocycles. The van der Waals surface area contributed by atoms with Crippen LogP contribution in [0.5, 0.6) is 0 Å². The van der Waals surface area contributed by atoms with Crippen molar-refractivity contribution in [3.05, 3.63) is 35.4 Å². The minimum atomic E-state index is -1.13. The second kappa shape index (κ2) is 5.66. The van der Waals surface area contributed by atoms with Crippen molar-refractivity contribution < 1.29 is 24.9 Å². The van der Waals surface area contributed by atoms with Crippen molar-refractivity contribution in [1.29, 1.82) is 0 Å². The molecule has 5 N–H and O–H groups in total. The van der Waals surface area contributed by atoms with Crippen LogP contribution in [0.4, 0.5) is 0 Å². The maximum absolute atomic E-state index is 11.3. The summed E-state index contributed by atoms with van der Waals surface area (Å²) in [5.74, 6) is -0.553. The summed E-state index contributed by atoms with van der Waals surface area (Å²) in [7, 11) is 0. The van der Waals surface area contributed by atoms with Crippen molar-refractivity contribution in [2.45, 2.75) is 30.8 Å². The molecule has 1 amide bonds. The zero-order valence-corrected chi connectivity index (χ0v) is 10.3. The van der Waals surface area contributed by atoms with Gasteiger partial charge in [-0.3, -0.25) is 4.79 Å². The fraction of sp³-hybridized carbons (Fsp3) is 0.462. The minimum Gasteiger partial charge on any atom is -0.394 e. The quantitative estimate of drug-likeness (QED) is 0.548. The van der Waals surface area contributed by atoms with Gasteiger partial charge in [-0.05, 0) is 11.6 Å². The number of nitrogens with two attached hydrogens (primary N) is 1. The summed E-state index contributed by atoms with van der Waals surface area (Å²) in [6.07, 6.45) is -3.46. The smallest absolute Gasteiger partial charge is 0.248 e. The first-order valence-corrected chi connectivity index (χ1v) is 6.04. The molecule has 1 aromatic carbocycles. The topological polar surface area (TPSA) is 113 Å². The zero-order chi connectivity index (χ0) is 14.0. The molecule has 2 rings (SSSR count). The number of ether oxygens (including phenoxy) is 1. The molecule has 6 nitrogen and oxygen atoms in total. The van der Waals surface area contributed by atoms with Crippen LogP contribution in [0.2, 0.25) is 0 Å². The molecular formula is C13H17NO5. The number of carbonyl (C=O) groups is 1. The zero-order valence-electron chi connectivity index (χ0n) is 10.3. The highest BCUT2D eigenvalue weighted by atomic mass is 16.6. The lowest BCUT2D eigenvalue weighted by atomic mass is 9.97. The molecule has 0 spiro atoms. The highest BCUT2D eigenvalue weighted by Gasteiger charge is 2.42. The highest BCUT2D eigenvalue weighted by Crippen LogP contribution is 2.25. The molecule has 1 saturated heterocycles. The molecule has 1 heterocycles. The van der Waals surface area contributed by atoms with Crippen LogP contribution in [-0.4, -0.2) is 52.2 Å². The molecular weight excluding hydrogens is 250 g/mol. The van der Waals surface area contributed by atoms with Crippen LogP contribution in [0.3, 0.4) is 0 Å². The Hall–Kier alpha value is -1.47. The third-order valence-corrected chi connectivity index (χ3v) is 3.35. The van der Waals surface area contributed by atoms with Crippen LogP contribution in [0.15, 0.2) is 24.3 Å². The molecule has 19 heavy (non-hydrogen) atoms. The number of aliphatic hydroxyl groups excluding tert-OH is 3. The second-order valence-electron chi connectivity index (χ2n) is 4.60. The van der Waals surface area contributed by atoms with Gasteiger partial charge < -0.3 is 25.8 Å². The molecule has 0 aromatic heterocycles. The lowest BCUT2D eigenvalue weighted by molar-refractivity contribution is -0.0216. The van der Waals surface area contributed by atoms with Gasteiger partial charge in [-0.25, -0.2) is 0 Å². The summed E-state index contributed by atoms with van der Waals surface area (Å²) in [5.41, 5.74) is 6.28. The Bertz CT molecular complexity index is 464. The van der Waals surface area contributed by atoms with E-state index < -0.39 is 30.3 Å². The predicted molar refractivity (Wildman–Crippen MR) is 66.4 cm³/mol. The van der Waals surface area contributed by atoms with Gasteiger partial charge in [0.2, 0.25) is 5.91 Å². The predicted octanol–water partition coefficient (Wildman–Crippen LogP) is -1.19. The van der Waals surface area contributed by atoms with Gasteiger partial charge in [0, 0.05) is 12.0 Å². The van der Waals surface area contributed by atoms with Crippen LogP contribution in [-0.2, 0) is 11.2 Å². The van der Waals surface area contributed by atoms with Crippen LogP contribution in [0, 0.1) is 0 Å². The maximum Gasteiger partial charge on any atom is 0.248 e. The number of hydrogen-bond acceptors (Lipinski definition) is 5. The van der Waals surface area contributed by atoms with Gasteiger partial charge in [-0.2, -0.15) is 0 Å². The Labute approximate surface area is 110 Å². The SMILES string of the molecule is NC(=O)c1ccccc1C[C@@H]1O[C@H](CO)[C@@H](O)[C@H]1O. The van der Waals surface area contributed by atoms with Gasteiger partial charge in [-0.1, -0.05) is 18.2 Å². The summed E-state index contributed by atoms with van der Waals surface area (Å²) >= 11 is 0. The maximum atomic E-state index is 11.3. The molecule has 1 aliphatic rings. The lowest BCUT2D eigenvalue weighted by Gasteiger charge is -2.16. The Morgan fingerprint density at radius 2 is 1.84 bits per heavy atom. The molecule has 0 radical (unpaired) electrons. The van der Waals surface area contributed by atoms with E-state index in [0.29, 0.717) is 11.1 Å². The number of hydrogen-bond donors (Lipinski definition) is 4. The van der Waals surface area contributed by atoms with Crippen molar-refractivity contribution in [2.24, 2.45) is 5.73 Å². The molecule has 1 aromatic rings. The van der Waals surface area contributed by atoms with E-state index >= 15 is 0 Å². The van der Waals surface area contributed by atoms with Crippen LogP contribution in [0.1, 0.15) is 15.9 Å². The van der Waals surface area contributed by atoms with E-state index in [1.54, 1.807) is 24.3 Å². The van der Waals surface area contributed by atoms with E-state index in [4.69, 9.17) is 15.6 Å². The number of benzene rings is 1. The summed E-state index contributed by atoms with van der Waals surface area (Å²) in [5, 5.41) is 28.5. The molecule has 0 unspecified atom stereocenters. The Morgan fingerprint density at radius 3 is 2.42 bits per heavy atom. The highest BCUT2D eigenvalue weighted by molar-refractivity contribution is 5.94. The van der Waals surface area contributed by atoms with Crippen molar-refractivity contribution >= 4 is 5.91 Å². The normalized spacial score (nSPS) is 30.5. The lowest BCUT2D eigenvalue weighted by Crippen LogP contribution is -2.34. The first kappa shape index (κ1) is 14.0. The van der Waals surface area contributed by atoms with Gasteiger partial charge >= 0.3 is 0 Å². The van der Waals surface area contributed by atoms with E-state index in [2.05, 4.69) is 0 Å². The average Bonchev–Trinajstić information content (AvgIpc) is 2.67. The van der Waals surface area contributed by atoms with E-state index in [-0.39, 0.29) is 13.0 Å². The third-order valence-electron chi connectivity index (χ3n) is 3.35. The molecule has 4 atom stereocenters.